The molecule has 2 nitrogen and oxygen atoms in total. The van der Waals surface area contributed by atoms with Crippen LogP contribution in [0.3, 0.4) is 0 Å². The van der Waals surface area contributed by atoms with Gasteiger partial charge in [0.25, 0.3) is 0 Å². The van der Waals surface area contributed by atoms with Crippen LogP contribution in [0.25, 0.3) is 10.4 Å². The molecule has 3 heteroatoms. The third kappa shape index (κ3) is 1.63. The molecule has 2 rings (SSSR count). The second-order valence-corrected chi connectivity index (χ2v) is 4.42. The molecule has 1 heterocycles. The number of benzene rings is 1. The van der Waals surface area contributed by atoms with Gasteiger partial charge in [0.15, 0.2) is 5.13 Å². The summed E-state index contributed by atoms with van der Waals surface area (Å²) in [5.74, 6) is 0. The summed E-state index contributed by atoms with van der Waals surface area (Å²) in [6.45, 7) is 4.23. The third-order valence-electron chi connectivity index (χ3n) is 2.31. The molecule has 0 bridgehead atoms. The SMILES string of the molecule is Cc1ccc(-c2cnc(N)s2)cc1C. The van der Waals surface area contributed by atoms with E-state index in [0.29, 0.717) is 5.13 Å². The van der Waals surface area contributed by atoms with E-state index in [2.05, 4.69) is 37.0 Å². The van der Waals surface area contributed by atoms with Crippen LogP contribution in [0.2, 0.25) is 0 Å². The van der Waals surface area contributed by atoms with Crippen molar-refractivity contribution in [3.8, 4) is 10.4 Å². The Balaban J connectivity index is 2.47. The van der Waals surface area contributed by atoms with E-state index in [1.807, 2.05) is 6.20 Å². The molecule has 0 spiro atoms. The lowest BCUT2D eigenvalue weighted by molar-refractivity contribution is 1.34. The van der Waals surface area contributed by atoms with E-state index < -0.39 is 0 Å². The second kappa shape index (κ2) is 3.42. The van der Waals surface area contributed by atoms with Crippen LogP contribution in [0.15, 0.2) is 24.4 Å². The Morgan fingerprint density at radius 3 is 2.57 bits per heavy atom. The standard InChI is InChI=1S/C11H12N2S/c1-7-3-4-9(5-8(7)2)10-6-13-11(12)14-10/h3-6H,1-2H3,(H2,12,13). The summed E-state index contributed by atoms with van der Waals surface area (Å²) < 4.78 is 0. The first-order chi connectivity index (χ1) is 6.66. The molecule has 1 aromatic heterocycles. The molecule has 0 aliphatic rings. The monoisotopic (exact) mass is 204 g/mol. The summed E-state index contributed by atoms with van der Waals surface area (Å²) in [5.41, 5.74) is 9.40. The van der Waals surface area contributed by atoms with Gasteiger partial charge in [0.2, 0.25) is 0 Å². The third-order valence-corrected chi connectivity index (χ3v) is 3.19. The Labute approximate surface area is 87.4 Å². The highest BCUT2D eigenvalue weighted by Crippen LogP contribution is 2.28. The Kier molecular flexibility index (Phi) is 2.25. The predicted octanol–water partition coefficient (Wildman–Crippen LogP) is 3.01. The highest BCUT2D eigenvalue weighted by atomic mass is 32.1. The Hall–Kier alpha value is -1.35. The lowest BCUT2D eigenvalue weighted by Crippen LogP contribution is -1.80. The van der Waals surface area contributed by atoms with E-state index in [1.165, 1.54) is 28.0 Å². The first kappa shape index (κ1) is 9.21. The van der Waals surface area contributed by atoms with Crippen molar-refractivity contribution < 1.29 is 0 Å². The molecule has 2 aromatic rings. The van der Waals surface area contributed by atoms with Gasteiger partial charge in [-0.25, -0.2) is 4.98 Å². The zero-order chi connectivity index (χ0) is 10.1. The van der Waals surface area contributed by atoms with E-state index in [4.69, 9.17) is 5.73 Å². The minimum atomic E-state index is 0.623. The molecular weight excluding hydrogens is 192 g/mol. The first-order valence-electron chi connectivity index (χ1n) is 4.46. The van der Waals surface area contributed by atoms with Gasteiger partial charge in [-0.3, -0.25) is 0 Å². The molecule has 0 atom stereocenters. The van der Waals surface area contributed by atoms with Crippen LogP contribution in [0.1, 0.15) is 11.1 Å². The largest absolute Gasteiger partial charge is 0.375 e. The van der Waals surface area contributed by atoms with Gasteiger partial charge in [0.1, 0.15) is 0 Å². The van der Waals surface area contributed by atoms with Crippen molar-refractivity contribution in [1.82, 2.24) is 4.98 Å². The number of hydrogen-bond donors (Lipinski definition) is 1. The average molecular weight is 204 g/mol. The number of thiazole rings is 1. The maximum absolute atomic E-state index is 5.59. The summed E-state index contributed by atoms with van der Waals surface area (Å²) >= 11 is 1.52. The summed E-state index contributed by atoms with van der Waals surface area (Å²) in [7, 11) is 0. The first-order valence-corrected chi connectivity index (χ1v) is 5.27. The van der Waals surface area contributed by atoms with Crippen LogP contribution in [0.5, 0.6) is 0 Å². The lowest BCUT2D eigenvalue weighted by atomic mass is 10.1. The minimum Gasteiger partial charge on any atom is -0.375 e. The summed E-state index contributed by atoms with van der Waals surface area (Å²) in [4.78, 5) is 5.17. The molecule has 14 heavy (non-hydrogen) atoms. The molecule has 0 aliphatic carbocycles. The minimum absolute atomic E-state index is 0.623. The Morgan fingerprint density at radius 2 is 2.00 bits per heavy atom. The Bertz CT molecular complexity index is 460. The number of rotatable bonds is 1. The molecule has 0 fully saturated rings. The summed E-state index contributed by atoms with van der Waals surface area (Å²) in [6.07, 6.45) is 1.82. The normalized spacial score (nSPS) is 10.4. The van der Waals surface area contributed by atoms with Crippen molar-refractivity contribution in [2.24, 2.45) is 0 Å². The maximum atomic E-state index is 5.59. The van der Waals surface area contributed by atoms with E-state index in [-0.39, 0.29) is 0 Å². The number of nitrogens with two attached hydrogens (primary N) is 1. The van der Waals surface area contributed by atoms with Crippen molar-refractivity contribution >= 4 is 16.5 Å². The molecule has 0 radical (unpaired) electrons. The number of aromatic nitrogens is 1. The summed E-state index contributed by atoms with van der Waals surface area (Å²) in [5, 5.41) is 0.623. The van der Waals surface area contributed by atoms with Crippen molar-refractivity contribution in [3.05, 3.63) is 35.5 Å². The number of aryl methyl sites for hydroxylation is 2. The smallest absolute Gasteiger partial charge is 0.180 e. The highest BCUT2D eigenvalue weighted by molar-refractivity contribution is 7.18. The summed E-state index contributed by atoms with van der Waals surface area (Å²) in [6, 6.07) is 6.40. The molecule has 1 aromatic carbocycles. The molecule has 0 aliphatic heterocycles. The predicted molar refractivity (Wildman–Crippen MR) is 61.4 cm³/mol. The van der Waals surface area contributed by atoms with Crippen molar-refractivity contribution in [2.75, 3.05) is 5.73 Å². The number of nitrogen functional groups attached to an aromatic ring is 1. The van der Waals surface area contributed by atoms with Gasteiger partial charge >= 0.3 is 0 Å². The molecule has 0 amide bonds. The maximum Gasteiger partial charge on any atom is 0.180 e. The fourth-order valence-electron chi connectivity index (χ4n) is 1.32. The fraction of sp³-hybridized carbons (Fsp3) is 0.182. The zero-order valence-corrected chi connectivity index (χ0v) is 9.06. The van der Waals surface area contributed by atoms with Crippen molar-refractivity contribution in [1.29, 1.82) is 0 Å². The van der Waals surface area contributed by atoms with Crippen LogP contribution in [-0.4, -0.2) is 4.98 Å². The molecule has 72 valence electrons. The molecule has 0 unspecified atom stereocenters. The van der Waals surface area contributed by atoms with E-state index in [1.54, 1.807) is 0 Å². The van der Waals surface area contributed by atoms with Gasteiger partial charge < -0.3 is 5.73 Å². The van der Waals surface area contributed by atoms with Gasteiger partial charge in [0.05, 0.1) is 4.88 Å². The van der Waals surface area contributed by atoms with E-state index in [9.17, 15) is 0 Å². The highest BCUT2D eigenvalue weighted by Gasteiger charge is 2.02. The number of anilines is 1. The van der Waals surface area contributed by atoms with Gasteiger partial charge in [0, 0.05) is 6.20 Å². The molecule has 0 saturated heterocycles. The van der Waals surface area contributed by atoms with Crippen LogP contribution in [0.4, 0.5) is 5.13 Å². The van der Waals surface area contributed by atoms with Gasteiger partial charge in [-0.2, -0.15) is 0 Å². The quantitative estimate of drug-likeness (QED) is 0.775. The van der Waals surface area contributed by atoms with Gasteiger partial charge in [-0.1, -0.05) is 29.5 Å². The van der Waals surface area contributed by atoms with Crippen LogP contribution < -0.4 is 5.73 Å². The second-order valence-electron chi connectivity index (χ2n) is 3.36. The van der Waals surface area contributed by atoms with E-state index >= 15 is 0 Å². The van der Waals surface area contributed by atoms with Gasteiger partial charge in [-0.15, -0.1) is 0 Å². The zero-order valence-electron chi connectivity index (χ0n) is 8.24. The average Bonchev–Trinajstić information content (AvgIpc) is 2.57. The van der Waals surface area contributed by atoms with Crippen LogP contribution >= 0.6 is 11.3 Å². The van der Waals surface area contributed by atoms with Crippen LogP contribution in [0, 0.1) is 13.8 Å². The fourth-order valence-corrected chi connectivity index (χ4v) is 2.00. The van der Waals surface area contributed by atoms with E-state index in [0.717, 1.165) is 4.88 Å². The lowest BCUT2D eigenvalue weighted by Gasteiger charge is -2.01. The molecule has 0 saturated carbocycles. The number of nitrogens with zero attached hydrogens (tertiary/aromatic N) is 1. The number of hydrogen-bond acceptors (Lipinski definition) is 3. The Morgan fingerprint density at radius 1 is 1.21 bits per heavy atom. The van der Waals surface area contributed by atoms with Crippen molar-refractivity contribution in [2.45, 2.75) is 13.8 Å². The molecular formula is C11H12N2S. The van der Waals surface area contributed by atoms with Crippen molar-refractivity contribution in [3.63, 3.8) is 0 Å². The topological polar surface area (TPSA) is 38.9 Å². The van der Waals surface area contributed by atoms with Gasteiger partial charge in [-0.05, 0) is 30.5 Å². The van der Waals surface area contributed by atoms with Crippen LogP contribution in [-0.2, 0) is 0 Å². The molecule has 2 N–H and O–H groups in total.